The number of rotatable bonds is 5. The van der Waals surface area contributed by atoms with Crippen molar-refractivity contribution in [1.82, 2.24) is 0 Å². The number of carbonyl (C=O) groups is 1. The molecule has 0 aliphatic carbocycles. The van der Waals surface area contributed by atoms with E-state index in [1.807, 2.05) is 31.2 Å². The normalized spacial score (nSPS) is 13.9. The van der Waals surface area contributed by atoms with Crippen molar-refractivity contribution >= 4 is 17.7 Å². The van der Waals surface area contributed by atoms with Crippen molar-refractivity contribution in [3.8, 4) is 5.75 Å². The van der Waals surface area contributed by atoms with Gasteiger partial charge in [0.2, 0.25) is 0 Å². The molecule has 94 valence electrons. The van der Waals surface area contributed by atoms with Gasteiger partial charge in [0.15, 0.2) is 0 Å². The average molecular weight is 255 g/mol. The van der Waals surface area contributed by atoms with E-state index in [9.17, 15) is 4.79 Å². The molecule has 17 heavy (non-hydrogen) atoms. The Balaban J connectivity index is 2.60. The molecule has 0 saturated heterocycles. The zero-order valence-electron chi connectivity index (χ0n) is 10.2. The molecule has 0 spiro atoms. The molecule has 0 aliphatic heterocycles. The maximum Gasteiger partial charge on any atom is 0.323 e. The number of methoxy groups -OCH3 is 2. The summed E-state index contributed by atoms with van der Waals surface area (Å²) < 4.78 is 9.68. The van der Waals surface area contributed by atoms with Crippen LogP contribution < -0.4 is 10.5 Å². The number of hydrogen-bond acceptors (Lipinski definition) is 5. The molecular weight excluding hydrogens is 238 g/mol. The highest BCUT2D eigenvalue weighted by Crippen LogP contribution is 2.26. The molecule has 0 unspecified atom stereocenters. The fraction of sp³-hybridized carbons (Fsp3) is 0.417. The molecule has 0 radical (unpaired) electrons. The average Bonchev–Trinajstić information content (AvgIpc) is 2.37. The monoisotopic (exact) mass is 255 g/mol. The lowest BCUT2D eigenvalue weighted by Crippen LogP contribution is -2.39. The first-order chi connectivity index (χ1) is 8.08. The quantitative estimate of drug-likeness (QED) is 0.640. The van der Waals surface area contributed by atoms with Crippen molar-refractivity contribution in [3.05, 3.63) is 24.3 Å². The fourth-order valence-corrected chi connectivity index (χ4v) is 2.25. The molecule has 0 amide bonds. The van der Waals surface area contributed by atoms with Crippen LogP contribution in [0.4, 0.5) is 0 Å². The SMILES string of the molecule is COC(=O)[C@H](N)[C@@H](C)Sc1ccc(OC)cc1. The lowest BCUT2D eigenvalue weighted by atomic mass is 10.2. The Kier molecular flexibility index (Phi) is 5.31. The summed E-state index contributed by atoms with van der Waals surface area (Å²) in [6, 6.07) is 7.00. The minimum Gasteiger partial charge on any atom is -0.497 e. The lowest BCUT2D eigenvalue weighted by Gasteiger charge is -2.17. The number of nitrogens with two attached hydrogens (primary N) is 1. The first kappa shape index (κ1) is 13.9. The van der Waals surface area contributed by atoms with Crippen LogP contribution in [0.1, 0.15) is 6.92 Å². The molecule has 0 aliphatic rings. The topological polar surface area (TPSA) is 61.5 Å². The van der Waals surface area contributed by atoms with Crippen LogP contribution in [0.3, 0.4) is 0 Å². The fourth-order valence-electron chi connectivity index (χ4n) is 1.27. The predicted molar refractivity (Wildman–Crippen MR) is 68.3 cm³/mol. The van der Waals surface area contributed by atoms with E-state index in [2.05, 4.69) is 4.74 Å². The molecule has 0 aromatic heterocycles. The van der Waals surface area contributed by atoms with Gasteiger partial charge < -0.3 is 15.2 Å². The van der Waals surface area contributed by atoms with Crippen LogP contribution in [0.25, 0.3) is 0 Å². The molecule has 2 atom stereocenters. The van der Waals surface area contributed by atoms with E-state index in [-0.39, 0.29) is 5.25 Å². The Labute approximate surface area is 105 Å². The zero-order chi connectivity index (χ0) is 12.8. The molecule has 1 aromatic carbocycles. The molecule has 0 fully saturated rings. The third kappa shape index (κ3) is 3.94. The molecule has 0 bridgehead atoms. The van der Waals surface area contributed by atoms with Gasteiger partial charge in [0.05, 0.1) is 14.2 Å². The Morgan fingerprint density at radius 3 is 2.35 bits per heavy atom. The number of thioether (sulfide) groups is 1. The summed E-state index contributed by atoms with van der Waals surface area (Å²) in [6.07, 6.45) is 0. The van der Waals surface area contributed by atoms with Crippen molar-refractivity contribution in [2.24, 2.45) is 5.73 Å². The first-order valence-electron chi connectivity index (χ1n) is 5.22. The van der Waals surface area contributed by atoms with E-state index >= 15 is 0 Å². The van der Waals surface area contributed by atoms with Gasteiger partial charge in [-0.25, -0.2) is 0 Å². The molecule has 5 heteroatoms. The van der Waals surface area contributed by atoms with Crippen molar-refractivity contribution in [2.75, 3.05) is 14.2 Å². The third-order valence-electron chi connectivity index (χ3n) is 2.36. The van der Waals surface area contributed by atoms with Crippen molar-refractivity contribution in [1.29, 1.82) is 0 Å². The summed E-state index contributed by atoms with van der Waals surface area (Å²) >= 11 is 1.53. The van der Waals surface area contributed by atoms with Gasteiger partial charge in [-0.3, -0.25) is 4.79 Å². The van der Waals surface area contributed by atoms with E-state index in [0.29, 0.717) is 0 Å². The number of carbonyl (C=O) groups excluding carboxylic acids is 1. The summed E-state index contributed by atoms with van der Waals surface area (Å²) in [5, 5.41) is -0.0455. The number of esters is 1. The van der Waals surface area contributed by atoms with Gasteiger partial charge in [-0.05, 0) is 24.3 Å². The van der Waals surface area contributed by atoms with Crippen LogP contribution in [0.15, 0.2) is 29.2 Å². The third-order valence-corrected chi connectivity index (χ3v) is 3.57. The molecule has 1 rings (SSSR count). The Bertz CT molecular complexity index is 367. The number of ether oxygens (including phenoxy) is 2. The van der Waals surface area contributed by atoms with Crippen molar-refractivity contribution in [3.63, 3.8) is 0 Å². The van der Waals surface area contributed by atoms with E-state index < -0.39 is 12.0 Å². The van der Waals surface area contributed by atoms with Gasteiger partial charge >= 0.3 is 5.97 Å². The summed E-state index contributed by atoms with van der Waals surface area (Å²) in [7, 11) is 2.96. The highest BCUT2D eigenvalue weighted by molar-refractivity contribution is 8.00. The minimum atomic E-state index is -0.618. The van der Waals surface area contributed by atoms with Gasteiger partial charge in [0.25, 0.3) is 0 Å². The molecular formula is C12H17NO3S. The van der Waals surface area contributed by atoms with Crippen molar-refractivity contribution in [2.45, 2.75) is 23.1 Å². The van der Waals surface area contributed by atoms with E-state index in [1.54, 1.807) is 7.11 Å². The molecule has 4 nitrogen and oxygen atoms in total. The predicted octanol–water partition coefficient (Wildman–Crippen LogP) is 1.68. The second-order valence-corrected chi connectivity index (χ2v) is 5.00. The molecule has 0 saturated carbocycles. The zero-order valence-corrected chi connectivity index (χ0v) is 11.0. The van der Waals surface area contributed by atoms with Crippen LogP contribution in [0, 0.1) is 0 Å². The number of benzene rings is 1. The van der Waals surface area contributed by atoms with Gasteiger partial charge in [-0.2, -0.15) is 0 Å². The summed E-state index contributed by atoms with van der Waals surface area (Å²) in [5.41, 5.74) is 5.76. The van der Waals surface area contributed by atoms with Gasteiger partial charge in [0.1, 0.15) is 11.8 Å². The molecule has 2 N–H and O–H groups in total. The van der Waals surface area contributed by atoms with Crippen LogP contribution in [0.5, 0.6) is 5.75 Å². The van der Waals surface area contributed by atoms with Gasteiger partial charge in [0, 0.05) is 10.1 Å². The second kappa shape index (κ2) is 6.51. The molecule has 1 aromatic rings. The standard InChI is InChI=1S/C12H17NO3S/c1-8(11(13)12(14)16-3)17-10-6-4-9(15-2)5-7-10/h4-8,11H,13H2,1-3H3/t8-,11-/m1/s1. The highest BCUT2D eigenvalue weighted by atomic mass is 32.2. The van der Waals surface area contributed by atoms with E-state index in [4.69, 9.17) is 10.5 Å². The minimum absolute atomic E-state index is 0.0455. The van der Waals surface area contributed by atoms with E-state index in [1.165, 1.54) is 18.9 Å². The summed E-state index contributed by atoms with van der Waals surface area (Å²) in [6.45, 7) is 1.90. The Morgan fingerprint density at radius 2 is 1.88 bits per heavy atom. The van der Waals surface area contributed by atoms with Crippen molar-refractivity contribution < 1.29 is 14.3 Å². The van der Waals surface area contributed by atoms with Crippen LogP contribution in [-0.4, -0.2) is 31.5 Å². The van der Waals surface area contributed by atoms with Crippen LogP contribution in [0.2, 0.25) is 0 Å². The smallest absolute Gasteiger partial charge is 0.323 e. The van der Waals surface area contributed by atoms with Gasteiger partial charge in [-0.15, -0.1) is 11.8 Å². The largest absolute Gasteiger partial charge is 0.497 e. The second-order valence-electron chi connectivity index (χ2n) is 3.55. The Hall–Kier alpha value is -1.20. The lowest BCUT2D eigenvalue weighted by molar-refractivity contribution is -0.142. The Morgan fingerprint density at radius 1 is 1.29 bits per heavy atom. The van der Waals surface area contributed by atoms with Crippen LogP contribution in [-0.2, 0) is 9.53 Å². The number of hydrogen-bond donors (Lipinski definition) is 1. The van der Waals surface area contributed by atoms with Crippen LogP contribution >= 0.6 is 11.8 Å². The highest BCUT2D eigenvalue weighted by Gasteiger charge is 2.22. The summed E-state index contributed by atoms with van der Waals surface area (Å²) in [4.78, 5) is 12.3. The summed E-state index contributed by atoms with van der Waals surface area (Å²) in [5.74, 6) is 0.415. The maximum absolute atomic E-state index is 11.3. The van der Waals surface area contributed by atoms with Gasteiger partial charge in [-0.1, -0.05) is 6.92 Å². The first-order valence-corrected chi connectivity index (χ1v) is 6.10. The molecule has 0 heterocycles. The maximum atomic E-state index is 11.3. The van der Waals surface area contributed by atoms with E-state index in [0.717, 1.165) is 10.6 Å².